The van der Waals surface area contributed by atoms with Gasteiger partial charge in [0.25, 0.3) is 0 Å². The number of rotatable bonds is 4. The van der Waals surface area contributed by atoms with Gasteiger partial charge in [-0.05, 0) is 51.2 Å². The van der Waals surface area contributed by atoms with E-state index in [1.807, 2.05) is 5.00 Å². The number of fused-ring (bicyclic) bond motifs is 4. The van der Waals surface area contributed by atoms with Crippen LogP contribution >= 0.6 is 8.07 Å². The molecule has 2 unspecified atom stereocenters. The topological polar surface area (TPSA) is 21.7 Å². The van der Waals surface area contributed by atoms with Crippen molar-refractivity contribution in [3.05, 3.63) is 58.1 Å². The largest absolute Gasteiger partial charge is 0.376 e. The van der Waals surface area contributed by atoms with Gasteiger partial charge in [-0.15, -0.1) is 0 Å². The van der Waals surface area contributed by atoms with E-state index in [1.54, 1.807) is 0 Å². The van der Waals surface area contributed by atoms with E-state index < -0.39 is 13.7 Å². The number of nitrogens with zero attached hydrogens (tertiary/aromatic N) is 1. The van der Waals surface area contributed by atoms with Crippen LogP contribution in [0.2, 0.25) is 0 Å². The van der Waals surface area contributed by atoms with Crippen molar-refractivity contribution < 1.29 is 9.68 Å². The first-order valence-electron chi connectivity index (χ1n) is 11.3. The molecule has 0 aromatic heterocycles. The summed E-state index contributed by atoms with van der Waals surface area (Å²) < 4.78 is 0. The van der Waals surface area contributed by atoms with Crippen LogP contribution in [0.25, 0.3) is 0 Å². The molecule has 0 radical (unpaired) electrons. The summed E-state index contributed by atoms with van der Waals surface area (Å²) in [5.41, 5.74) is 6.50. The second-order valence-corrected chi connectivity index (χ2v) is 12.5. The number of unbranched alkanes of at least 4 members (excludes halogenated alkanes) is 1. The Morgan fingerprint density at radius 2 is 1.83 bits per heavy atom. The molecule has 0 aliphatic carbocycles. The minimum Gasteiger partial charge on any atom is -0.376 e. The molecular formula is C26H36NO2P. The lowest BCUT2D eigenvalue weighted by molar-refractivity contribution is -0.307. The van der Waals surface area contributed by atoms with Gasteiger partial charge in [0.15, 0.2) is 5.75 Å². The summed E-state index contributed by atoms with van der Waals surface area (Å²) in [4.78, 5) is 15.0. The fourth-order valence-electron chi connectivity index (χ4n) is 4.81. The molecular weight excluding hydrogens is 389 g/mol. The van der Waals surface area contributed by atoms with Crippen molar-refractivity contribution in [3.8, 4) is 5.75 Å². The lowest BCUT2D eigenvalue weighted by atomic mass is 9.78. The second kappa shape index (κ2) is 7.62. The van der Waals surface area contributed by atoms with Crippen molar-refractivity contribution in [3.63, 3.8) is 0 Å². The fourth-order valence-corrected chi connectivity index (χ4v) is 7.53. The zero-order chi connectivity index (χ0) is 21.8. The summed E-state index contributed by atoms with van der Waals surface area (Å²) in [7, 11) is -0.767. The molecule has 162 valence electrons. The normalized spacial score (nSPS) is 22.7. The standard InChI is InChI=1S/C26H36NO2P/c1-9-10-13-25(5,6)22-15-18(3)14-20-19(4)30-23-16-17(2)11-12-21(23)26(7,8)29-27(30)28-24(20)22/h11-12,14-16,19H,9-10,13H2,1-8H3. The molecule has 2 heterocycles. The number of aryl methyl sites for hydroxylation is 2. The summed E-state index contributed by atoms with van der Waals surface area (Å²) in [5.74, 6) is 1.01. The molecule has 0 amide bonds. The zero-order valence-corrected chi connectivity index (χ0v) is 20.7. The molecule has 0 spiro atoms. The van der Waals surface area contributed by atoms with E-state index in [2.05, 4.69) is 85.7 Å². The second-order valence-electron chi connectivity index (χ2n) is 10.2. The Hall–Kier alpha value is -1.41. The van der Waals surface area contributed by atoms with Gasteiger partial charge >= 0.3 is 0 Å². The van der Waals surface area contributed by atoms with E-state index in [-0.39, 0.29) is 5.41 Å². The molecule has 2 atom stereocenters. The van der Waals surface area contributed by atoms with E-state index >= 15 is 0 Å². The summed E-state index contributed by atoms with van der Waals surface area (Å²) in [6.45, 7) is 18.0. The molecule has 2 aliphatic heterocycles. The van der Waals surface area contributed by atoms with Crippen LogP contribution in [0.5, 0.6) is 5.75 Å². The van der Waals surface area contributed by atoms with Gasteiger partial charge in [0, 0.05) is 27.1 Å². The molecule has 2 aromatic carbocycles. The van der Waals surface area contributed by atoms with Gasteiger partial charge in [0.05, 0.1) is 8.07 Å². The van der Waals surface area contributed by atoms with E-state index in [1.165, 1.54) is 46.0 Å². The average Bonchev–Trinajstić information content (AvgIpc) is 2.65. The van der Waals surface area contributed by atoms with E-state index in [4.69, 9.17) is 9.68 Å². The van der Waals surface area contributed by atoms with Crippen molar-refractivity contribution in [1.82, 2.24) is 5.00 Å². The molecule has 0 N–H and O–H groups in total. The van der Waals surface area contributed by atoms with Gasteiger partial charge in [0.2, 0.25) is 0 Å². The lowest BCUT2D eigenvalue weighted by Crippen LogP contribution is -2.46. The summed E-state index contributed by atoms with van der Waals surface area (Å²) in [6.07, 6.45) is 3.58. The molecule has 30 heavy (non-hydrogen) atoms. The monoisotopic (exact) mass is 425 g/mol. The van der Waals surface area contributed by atoms with Gasteiger partial charge in [-0.25, -0.2) is 0 Å². The van der Waals surface area contributed by atoms with Gasteiger partial charge in [-0.2, -0.15) is 0 Å². The van der Waals surface area contributed by atoms with Crippen molar-refractivity contribution in [2.24, 2.45) is 0 Å². The van der Waals surface area contributed by atoms with Crippen molar-refractivity contribution >= 4 is 13.4 Å². The van der Waals surface area contributed by atoms with Gasteiger partial charge < -0.3 is 4.84 Å². The molecule has 4 rings (SSSR count). The molecule has 0 bridgehead atoms. The Bertz CT molecular complexity index is 966. The van der Waals surface area contributed by atoms with Crippen LogP contribution < -0.4 is 10.1 Å². The van der Waals surface area contributed by atoms with Crippen LogP contribution in [0.4, 0.5) is 0 Å². The third-order valence-corrected chi connectivity index (χ3v) is 9.05. The highest BCUT2D eigenvalue weighted by Crippen LogP contribution is 2.63. The van der Waals surface area contributed by atoms with Gasteiger partial charge in [-0.3, -0.25) is 4.84 Å². The van der Waals surface area contributed by atoms with Crippen LogP contribution in [-0.4, -0.2) is 5.00 Å². The van der Waals surface area contributed by atoms with Crippen molar-refractivity contribution in [2.45, 2.75) is 91.3 Å². The third-order valence-electron chi connectivity index (χ3n) is 6.66. The molecule has 0 saturated heterocycles. The highest BCUT2D eigenvalue weighted by Gasteiger charge is 2.47. The molecule has 3 nitrogen and oxygen atoms in total. The minimum absolute atomic E-state index is 0.0612. The SMILES string of the molecule is CCCCC(C)(C)c1cc(C)cc2c1ON1OC(C)(C)c3ccc(C)cc3P1C2C. The summed E-state index contributed by atoms with van der Waals surface area (Å²) in [5, 5.41) is 1.38. The predicted molar refractivity (Wildman–Crippen MR) is 126 cm³/mol. The highest BCUT2D eigenvalue weighted by atomic mass is 31.1. The Morgan fingerprint density at radius 3 is 2.53 bits per heavy atom. The first-order chi connectivity index (χ1) is 14.0. The Labute approximate surface area is 183 Å². The lowest BCUT2D eigenvalue weighted by Gasteiger charge is -2.48. The Morgan fingerprint density at radius 1 is 1.10 bits per heavy atom. The summed E-state index contributed by atoms with van der Waals surface area (Å²) in [6, 6.07) is 11.4. The van der Waals surface area contributed by atoms with E-state index in [0.29, 0.717) is 5.66 Å². The zero-order valence-electron chi connectivity index (χ0n) is 19.8. The van der Waals surface area contributed by atoms with Crippen LogP contribution in [0, 0.1) is 13.8 Å². The molecule has 2 aromatic rings. The van der Waals surface area contributed by atoms with Gasteiger partial charge in [-0.1, -0.05) is 75.9 Å². The highest BCUT2D eigenvalue weighted by molar-refractivity contribution is 7.63. The Kier molecular flexibility index (Phi) is 5.54. The number of hydrogen-bond acceptors (Lipinski definition) is 3. The molecule has 0 fully saturated rings. The van der Waals surface area contributed by atoms with Gasteiger partial charge in [0.1, 0.15) is 5.60 Å². The third kappa shape index (κ3) is 3.60. The molecule has 0 saturated carbocycles. The van der Waals surface area contributed by atoms with Crippen molar-refractivity contribution in [2.75, 3.05) is 0 Å². The Balaban J connectivity index is 1.86. The van der Waals surface area contributed by atoms with Crippen molar-refractivity contribution in [1.29, 1.82) is 0 Å². The predicted octanol–water partition coefficient (Wildman–Crippen LogP) is 7.34. The first kappa shape index (κ1) is 21.8. The van der Waals surface area contributed by atoms with Crippen LogP contribution in [0.15, 0.2) is 30.3 Å². The number of benzene rings is 2. The van der Waals surface area contributed by atoms with Crippen LogP contribution in [-0.2, 0) is 15.9 Å². The quantitative estimate of drug-likeness (QED) is 0.478. The molecule has 4 heteroatoms. The molecule has 2 aliphatic rings. The number of hydrogen-bond donors (Lipinski definition) is 0. The van der Waals surface area contributed by atoms with Crippen LogP contribution in [0.1, 0.15) is 94.3 Å². The minimum atomic E-state index is -0.767. The first-order valence-corrected chi connectivity index (χ1v) is 12.6. The van der Waals surface area contributed by atoms with E-state index in [0.717, 1.165) is 12.2 Å². The maximum absolute atomic E-state index is 6.63. The fraction of sp³-hybridized carbons (Fsp3) is 0.538. The van der Waals surface area contributed by atoms with E-state index in [9.17, 15) is 0 Å². The smallest absolute Gasteiger partial charge is 0.158 e. The summed E-state index contributed by atoms with van der Waals surface area (Å²) >= 11 is 0. The maximum Gasteiger partial charge on any atom is 0.158 e. The maximum atomic E-state index is 6.63. The average molecular weight is 426 g/mol. The van der Waals surface area contributed by atoms with Crippen LogP contribution in [0.3, 0.4) is 0 Å².